The van der Waals surface area contributed by atoms with Gasteiger partial charge in [0.2, 0.25) is 0 Å². The molecule has 0 saturated carbocycles. The van der Waals surface area contributed by atoms with Crippen molar-refractivity contribution in [2.24, 2.45) is 5.73 Å². The molecular weight excluding hydrogens is 304 g/mol. The van der Waals surface area contributed by atoms with E-state index in [0.29, 0.717) is 6.54 Å². The fourth-order valence-electron chi connectivity index (χ4n) is 2.75. The van der Waals surface area contributed by atoms with Crippen LogP contribution in [0.15, 0.2) is 23.6 Å². The number of aryl methyl sites for hydroxylation is 1. The molecule has 2 aromatic rings. The Morgan fingerprint density at radius 1 is 1.13 bits per heavy atom. The molecule has 0 aliphatic rings. The number of ether oxygens (including phenoxy) is 1. The smallest absolute Gasteiger partial charge is 0.128 e. The van der Waals surface area contributed by atoms with Gasteiger partial charge in [0.25, 0.3) is 0 Å². The van der Waals surface area contributed by atoms with E-state index in [1.165, 1.54) is 44.1 Å². The summed E-state index contributed by atoms with van der Waals surface area (Å²) in [5.41, 5.74) is 9.08. The number of methoxy groups -OCH3 is 1. The summed E-state index contributed by atoms with van der Waals surface area (Å²) in [6.07, 6.45) is 9.07. The lowest BCUT2D eigenvalue weighted by molar-refractivity contribution is 0.416. The highest BCUT2D eigenvalue weighted by Gasteiger charge is 2.10. The number of aromatic nitrogens is 1. The molecule has 0 spiro atoms. The Morgan fingerprint density at radius 3 is 2.61 bits per heavy atom. The lowest BCUT2D eigenvalue weighted by Crippen LogP contribution is -1.96. The highest BCUT2D eigenvalue weighted by atomic mass is 32.1. The summed E-state index contributed by atoms with van der Waals surface area (Å²) in [4.78, 5) is 4.59. The minimum Gasteiger partial charge on any atom is -0.496 e. The summed E-state index contributed by atoms with van der Waals surface area (Å²) < 4.78 is 5.50. The molecule has 0 fully saturated rings. The standard InChI is InChI=1S/C19H28N2OS/c1-3-4-5-6-7-8-9-15-10-11-18(22-2)16(12-15)17-14-23-19(13-20)21-17/h10-12,14H,3-9,13,20H2,1-2H3. The molecule has 4 heteroatoms. The van der Waals surface area contributed by atoms with Gasteiger partial charge in [0.1, 0.15) is 10.8 Å². The van der Waals surface area contributed by atoms with Crippen molar-refractivity contribution in [1.82, 2.24) is 4.98 Å². The summed E-state index contributed by atoms with van der Waals surface area (Å²) in [6.45, 7) is 2.75. The van der Waals surface area contributed by atoms with Crippen molar-refractivity contribution in [2.45, 2.75) is 58.4 Å². The number of hydrogen-bond acceptors (Lipinski definition) is 4. The van der Waals surface area contributed by atoms with Crippen LogP contribution >= 0.6 is 11.3 Å². The molecule has 1 heterocycles. The molecule has 2 N–H and O–H groups in total. The average molecular weight is 333 g/mol. The first-order valence-corrected chi connectivity index (χ1v) is 9.48. The van der Waals surface area contributed by atoms with Gasteiger partial charge in [-0.1, -0.05) is 45.1 Å². The zero-order chi connectivity index (χ0) is 16.5. The Morgan fingerprint density at radius 2 is 1.91 bits per heavy atom. The van der Waals surface area contributed by atoms with Gasteiger partial charge in [-0.15, -0.1) is 11.3 Å². The van der Waals surface area contributed by atoms with Gasteiger partial charge in [-0.2, -0.15) is 0 Å². The predicted octanol–water partition coefficient (Wildman–Crippen LogP) is 5.18. The Hall–Kier alpha value is -1.39. The Labute approximate surface area is 143 Å². The van der Waals surface area contributed by atoms with E-state index >= 15 is 0 Å². The zero-order valence-corrected chi connectivity index (χ0v) is 15.1. The van der Waals surface area contributed by atoms with Crippen molar-refractivity contribution in [3.8, 4) is 17.0 Å². The van der Waals surface area contributed by atoms with Gasteiger partial charge in [0, 0.05) is 17.5 Å². The van der Waals surface area contributed by atoms with E-state index < -0.39 is 0 Å². The van der Waals surface area contributed by atoms with Gasteiger partial charge >= 0.3 is 0 Å². The highest BCUT2D eigenvalue weighted by Crippen LogP contribution is 2.32. The molecule has 0 aliphatic heterocycles. The van der Waals surface area contributed by atoms with E-state index in [1.54, 1.807) is 18.4 Å². The minimum absolute atomic E-state index is 0.491. The molecule has 0 amide bonds. The van der Waals surface area contributed by atoms with Crippen molar-refractivity contribution in [3.05, 3.63) is 34.2 Å². The van der Waals surface area contributed by atoms with Crippen LogP contribution in [0.3, 0.4) is 0 Å². The minimum atomic E-state index is 0.491. The van der Waals surface area contributed by atoms with Crippen LogP contribution in [0.1, 0.15) is 56.0 Å². The molecule has 1 aromatic heterocycles. The molecule has 1 aromatic carbocycles. The molecule has 0 saturated heterocycles. The normalized spacial score (nSPS) is 10.9. The summed E-state index contributed by atoms with van der Waals surface area (Å²) >= 11 is 1.61. The van der Waals surface area contributed by atoms with E-state index in [9.17, 15) is 0 Å². The van der Waals surface area contributed by atoms with Crippen LogP contribution in [0, 0.1) is 0 Å². The largest absolute Gasteiger partial charge is 0.496 e. The first-order chi connectivity index (χ1) is 11.3. The first kappa shape index (κ1) is 18.0. The molecule has 0 unspecified atom stereocenters. The third kappa shape index (κ3) is 5.33. The van der Waals surface area contributed by atoms with Gasteiger partial charge in [0.15, 0.2) is 0 Å². The molecule has 3 nitrogen and oxygen atoms in total. The van der Waals surface area contributed by atoms with Crippen molar-refractivity contribution < 1.29 is 4.74 Å². The molecular formula is C19H28N2OS. The van der Waals surface area contributed by atoms with Crippen molar-refractivity contribution in [3.63, 3.8) is 0 Å². The van der Waals surface area contributed by atoms with Gasteiger partial charge in [-0.05, 0) is 30.5 Å². The molecule has 0 radical (unpaired) electrons. The molecule has 0 bridgehead atoms. The van der Waals surface area contributed by atoms with Gasteiger partial charge < -0.3 is 10.5 Å². The van der Waals surface area contributed by atoms with Crippen LogP contribution in [-0.2, 0) is 13.0 Å². The van der Waals surface area contributed by atoms with Crippen LogP contribution in [0.5, 0.6) is 5.75 Å². The summed E-state index contributed by atoms with van der Waals surface area (Å²) in [6, 6.07) is 6.45. The van der Waals surface area contributed by atoms with Crippen LogP contribution in [0.2, 0.25) is 0 Å². The second kappa shape index (κ2) is 9.68. The van der Waals surface area contributed by atoms with Crippen LogP contribution in [-0.4, -0.2) is 12.1 Å². The van der Waals surface area contributed by atoms with Crippen LogP contribution in [0.25, 0.3) is 11.3 Å². The van der Waals surface area contributed by atoms with E-state index in [2.05, 4.69) is 35.5 Å². The second-order valence-corrected chi connectivity index (χ2v) is 6.83. The number of rotatable bonds is 10. The van der Waals surface area contributed by atoms with Gasteiger partial charge in [0.05, 0.1) is 12.8 Å². The Kier molecular flexibility index (Phi) is 7.56. The molecule has 0 atom stereocenters. The lowest BCUT2D eigenvalue weighted by atomic mass is 10.0. The van der Waals surface area contributed by atoms with Gasteiger partial charge in [-0.25, -0.2) is 4.98 Å². The quantitative estimate of drug-likeness (QED) is 0.610. The lowest BCUT2D eigenvalue weighted by Gasteiger charge is -2.09. The molecule has 126 valence electrons. The topological polar surface area (TPSA) is 48.1 Å². The second-order valence-electron chi connectivity index (χ2n) is 5.88. The maximum absolute atomic E-state index is 5.67. The molecule has 2 rings (SSSR count). The third-order valence-electron chi connectivity index (χ3n) is 4.09. The van der Waals surface area contributed by atoms with Crippen molar-refractivity contribution in [1.29, 1.82) is 0 Å². The number of nitrogens with two attached hydrogens (primary N) is 1. The van der Waals surface area contributed by atoms with Crippen molar-refractivity contribution >= 4 is 11.3 Å². The average Bonchev–Trinajstić information content (AvgIpc) is 3.07. The Balaban J connectivity index is 2.00. The van der Waals surface area contributed by atoms with E-state index in [4.69, 9.17) is 10.5 Å². The zero-order valence-electron chi connectivity index (χ0n) is 14.3. The van der Waals surface area contributed by atoms with E-state index in [0.717, 1.165) is 28.4 Å². The summed E-state index contributed by atoms with van der Waals surface area (Å²) in [5.74, 6) is 0.880. The third-order valence-corrected chi connectivity index (χ3v) is 4.96. The number of unbranched alkanes of at least 4 members (excludes halogenated alkanes) is 5. The number of hydrogen-bond donors (Lipinski definition) is 1. The van der Waals surface area contributed by atoms with E-state index in [1.807, 2.05) is 0 Å². The fourth-order valence-corrected chi connectivity index (χ4v) is 3.42. The molecule has 23 heavy (non-hydrogen) atoms. The predicted molar refractivity (Wildman–Crippen MR) is 99.1 cm³/mol. The van der Waals surface area contributed by atoms with E-state index in [-0.39, 0.29) is 0 Å². The Bertz CT molecular complexity index is 595. The van der Waals surface area contributed by atoms with Crippen molar-refractivity contribution in [2.75, 3.05) is 7.11 Å². The number of thiazole rings is 1. The highest BCUT2D eigenvalue weighted by molar-refractivity contribution is 7.09. The van der Waals surface area contributed by atoms with Crippen LogP contribution in [0.4, 0.5) is 0 Å². The van der Waals surface area contributed by atoms with Gasteiger partial charge in [-0.3, -0.25) is 0 Å². The van der Waals surface area contributed by atoms with Crippen LogP contribution < -0.4 is 10.5 Å². The summed E-state index contributed by atoms with van der Waals surface area (Å²) in [5, 5.41) is 3.03. The summed E-state index contributed by atoms with van der Waals surface area (Å²) in [7, 11) is 1.71. The SMILES string of the molecule is CCCCCCCCc1ccc(OC)c(-c2csc(CN)n2)c1. The monoisotopic (exact) mass is 332 g/mol. The maximum Gasteiger partial charge on any atom is 0.128 e. The fraction of sp³-hybridized carbons (Fsp3) is 0.526. The number of nitrogens with zero attached hydrogens (tertiary/aromatic N) is 1. The maximum atomic E-state index is 5.67. The number of benzene rings is 1. The molecule has 0 aliphatic carbocycles. The first-order valence-electron chi connectivity index (χ1n) is 8.60.